The lowest BCUT2D eigenvalue weighted by Gasteiger charge is -2.07. The van der Waals surface area contributed by atoms with Crippen molar-refractivity contribution >= 4 is 73.5 Å². The Balaban J connectivity index is 2.21. The molecular formula is C13H6BrClN4S2. The summed E-state index contributed by atoms with van der Waals surface area (Å²) in [7, 11) is 0. The zero-order chi connectivity index (χ0) is 14.6. The van der Waals surface area contributed by atoms with Gasteiger partial charge in [-0.05, 0) is 42.5 Å². The van der Waals surface area contributed by atoms with Gasteiger partial charge in [0.2, 0.25) is 0 Å². The first-order valence-electron chi connectivity index (χ1n) is 5.96. The first-order valence-corrected chi connectivity index (χ1v) is 8.27. The van der Waals surface area contributed by atoms with Gasteiger partial charge in [0.15, 0.2) is 4.77 Å². The molecule has 1 N–H and O–H groups in total. The molecule has 2 aromatic heterocycles. The van der Waals surface area contributed by atoms with Crippen molar-refractivity contribution in [2.45, 2.75) is 0 Å². The number of benzene rings is 2. The van der Waals surface area contributed by atoms with Crippen LogP contribution in [0, 0.1) is 4.77 Å². The largest absolute Gasteiger partial charge is 0.330 e. The highest BCUT2D eigenvalue weighted by Gasteiger charge is 2.16. The molecule has 8 heteroatoms. The van der Waals surface area contributed by atoms with E-state index in [9.17, 15) is 0 Å². The first-order chi connectivity index (χ1) is 10.1. The van der Waals surface area contributed by atoms with Crippen LogP contribution < -0.4 is 0 Å². The van der Waals surface area contributed by atoms with E-state index in [1.165, 1.54) is 0 Å². The van der Waals surface area contributed by atoms with Crippen molar-refractivity contribution in [3.8, 4) is 5.69 Å². The lowest BCUT2D eigenvalue weighted by Crippen LogP contribution is -1.96. The molecule has 4 rings (SSSR count). The van der Waals surface area contributed by atoms with E-state index in [-0.39, 0.29) is 0 Å². The molecule has 2 aromatic carbocycles. The molecule has 0 aliphatic carbocycles. The Labute approximate surface area is 141 Å². The first kappa shape index (κ1) is 13.4. The summed E-state index contributed by atoms with van der Waals surface area (Å²) in [5, 5.41) is 0.590. The number of nitrogens with zero attached hydrogens (tertiary/aromatic N) is 3. The monoisotopic (exact) mass is 396 g/mol. The van der Waals surface area contributed by atoms with Crippen LogP contribution in [0.4, 0.5) is 0 Å². The molecule has 2 heterocycles. The van der Waals surface area contributed by atoms with Crippen molar-refractivity contribution in [1.82, 2.24) is 18.3 Å². The predicted octanol–water partition coefficient (Wildman–Crippen LogP) is 5.11. The molecule has 4 aromatic rings. The summed E-state index contributed by atoms with van der Waals surface area (Å²) in [5.74, 6) is 0. The minimum Gasteiger partial charge on any atom is -0.330 e. The Morgan fingerprint density at radius 1 is 1.24 bits per heavy atom. The van der Waals surface area contributed by atoms with Crippen LogP contribution in [0.25, 0.3) is 27.8 Å². The molecule has 0 aliphatic heterocycles. The van der Waals surface area contributed by atoms with E-state index in [0.29, 0.717) is 9.79 Å². The van der Waals surface area contributed by atoms with Crippen molar-refractivity contribution in [1.29, 1.82) is 0 Å². The average molecular weight is 398 g/mol. The highest BCUT2D eigenvalue weighted by molar-refractivity contribution is 9.10. The number of aromatic nitrogens is 4. The number of hydrogen-bond donors (Lipinski definition) is 1. The van der Waals surface area contributed by atoms with Gasteiger partial charge < -0.3 is 4.98 Å². The quantitative estimate of drug-likeness (QED) is 0.454. The maximum atomic E-state index is 6.41. The summed E-state index contributed by atoms with van der Waals surface area (Å²) in [4.78, 5) is 3.19. The van der Waals surface area contributed by atoms with Gasteiger partial charge in [-0.15, -0.1) is 0 Å². The fourth-order valence-corrected chi connectivity index (χ4v) is 3.75. The number of imidazole rings is 1. The van der Waals surface area contributed by atoms with Gasteiger partial charge in [0.25, 0.3) is 0 Å². The van der Waals surface area contributed by atoms with Gasteiger partial charge in [0.05, 0.1) is 33.5 Å². The van der Waals surface area contributed by atoms with Gasteiger partial charge in [-0.2, -0.15) is 8.75 Å². The third-order valence-corrected chi connectivity index (χ3v) is 4.85. The molecule has 0 radical (unpaired) electrons. The molecule has 0 spiro atoms. The lowest BCUT2D eigenvalue weighted by atomic mass is 10.2. The highest BCUT2D eigenvalue weighted by atomic mass is 79.9. The zero-order valence-electron chi connectivity index (χ0n) is 10.3. The van der Waals surface area contributed by atoms with E-state index in [4.69, 9.17) is 23.8 Å². The van der Waals surface area contributed by atoms with Crippen LogP contribution in [0.1, 0.15) is 0 Å². The summed E-state index contributed by atoms with van der Waals surface area (Å²) < 4.78 is 12.1. The standard InChI is InChI=1S/C13H6BrClN4S2/c14-6-1-3-8-10(5-6)19(13(20)16-8)12-7(15)2-4-9-11(12)18-21-17-9/h1-5H,(H,16,20). The molecule has 0 aliphatic rings. The van der Waals surface area contributed by atoms with Gasteiger partial charge in [0.1, 0.15) is 11.0 Å². The van der Waals surface area contributed by atoms with Crippen LogP contribution in [0.3, 0.4) is 0 Å². The van der Waals surface area contributed by atoms with Crippen LogP contribution in [0.5, 0.6) is 0 Å². The number of rotatable bonds is 1. The van der Waals surface area contributed by atoms with Crippen molar-refractivity contribution in [3.05, 3.63) is 44.6 Å². The SMILES string of the molecule is S=c1[nH]c2ccc(Br)cc2n1-c1c(Cl)ccc2nsnc12. The minimum absolute atomic E-state index is 0.575. The Hall–Kier alpha value is -1.28. The molecule has 21 heavy (non-hydrogen) atoms. The van der Waals surface area contributed by atoms with Gasteiger partial charge in [-0.3, -0.25) is 4.57 Å². The van der Waals surface area contributed by atoms with Crippen LogP contribution in [0.2, 0.25) is 5.02 Å². The lowest BCUT2D eigenvalue weighted by molar-refractivity contribution is 1.07. The van der Waals surface area contributed by atoms with Crippen molar-refractivity contribution in [3.63, 3.8) is 0 Å². The summed E-state index contributed by atoms with van der Waals surface area (Å²) in [6.07, 6.45) is 0. The number of aromatic amines is 1. The van der Waals surface area contributed by atoms with Gasteiger partial charge in [-0.1, -0.05) is 27.5 Å². The third-order valence-electron chi connectivity index (χ3n) is 3.22. The smallest absolute Gasteiger partial charge is 0.182 e. The topological polar surface area (TPSA) is 46.5 Å². The molecule has 0 amide bonds. The van der Waals surface area contributed by atoms with E-state index < -0.39 is 0 Å². The van der Waals surface area contributed by atoms with Crippen LogP contribution in [-0.4, -0.2) is 18.3 Å². The van der Waals surface area contributed by atoms with Crippen LogP contribution >= 0.6 is 51.5 Å². The van der Waals surface area contributed by atoms with E-state index in [1.807, 2.05) is 34.9 Å². The number of halogens is 2. The molecular weight excluding hydrogens is 392 g/mol. The maximum absolute atomic E-state index is 6.41. The third kappa shape index (κ3) is 2.03. The average Bonchev–Trinajstić information content (AvgIpc) is 3.03. The number of hydrogen-bond acceptors (Lipinski definition) is 4. The molecule has 4 nitrogen and oxygen atoms in total. The van der Waals surface area contributed by atoms with Crippen LogP contribution in [0.15, 0.2) is 34.8 Å². The summed E-state index contributed by atoms with van der Waals surface area (Å²) in [6.45, 7) is 0. The number of fused-ring (bicyclic) bond motifs is 2. The summed E-state index contributed by atoms with van der Waals surface area (Å²) >= 11 is 16.5. The Bertz CT molecular complexity index is 1050. The maximum Gasteiger partial charge on any atom is 0.182 e. The van der Waals surface area contributed by atoms with Crippen LogP contribution in [-0.2, 0) is 0 Å². The fraction of sp³-hybridized carbons (Fsp3) is 0. The molecule has 104 valence electrons. The number of nitrogens with one attached hydrogen (secondary N) is 1. The molecule has 0 saturated heterocycles. The molecule has 0 unspecified atom stereocenters. The Morgan fingerprint density at radius 3 is 2.95 bits per heavy atom. The van der Waals surface area contributed by atoms with Gasteiger partial charge >= 0.3 is 0 Å². The summed E-state index contributed by atoms with van der Waals surface area (Å²) in [5.41, 5.74) is 4.21. The molecule has 0 bridgehead atoms. The zero-order valence-corrected chi connectivity index (χ0v) is 14.3. The second kappa shape index (κ2) is 4.88. The second-order valence-corrected chi connectivity index (χ2v) is 6.69. The normalized spacial score (nSPS) is 11.5. The molecule has 0 atom stereocenters. The van der Waals surface area contributed by atoms with E-state index in [2.05, 4.69) is 29.7 Å². The molecule has 0 saturated carbocycles. The second-order valence-electron chi connectivity index (χ2n) is 4.45. The van der Waals surface area contributed by atoms with E-state index >= 15 is 0 Å². The van der Waals surface area contributed by atoms with E-state index in [1.54, 1.807) is 0 Å². The fourth-order valence-electron chi connectivity index (χ4n) is 2.32. The Kier molecular flexibility index (Phi) is 3.11. The molecule has 0 fully saturated rings. The van der Waals surface area contributed by atoms with Gasteiger partial charge in [-0.25, -0.2) is 0 Å². The van der Waals surface area contributed by atoms with E-state index in [0.717, 1.165) is 44.0 Å². The highest BCUT2D eigenvalue weighted by Crippen LogP contribution is 2.32. The van der Waals surface area contributed by atoms with Crippen molar-refractivity contribution in [2.24, 2.45) is 0 Å². The van der Waals surface area contributed by atoms with Crippen molar-refractivity contribution < 1.29 is 0 Å². The predicted molar refractivity (Wildman–Crippen MR) is 92.1 cm³/mol. The van der Waals surface area contributed by atoms with Crippen molar-refractivity contribution in [2.75, 3.05) is 0 Å². The summed E-state index contributed by atoms with van der Waals surface area (Å²) in [6, 6.07) is 9.61. The van der Waals surface area contributed by atoms with Gasteiger partial charge in [0, 0.05) is 4.47 Å². The number of H-pyrrole nitrogens is 1. The Morgan fingerprint density at radius 2 is 2.10 bits per heavy atom. The minimum atomic E-state index is 0.575.